The second kappa shape index (κ2) is 12.3. The maximum atomic E-state index is 12.2. The predicted octanol–water partition coefficient (Wildman–Crippen LogP) is 4.23. The van der Waals surface area contributed by atoms with Crippen molar-refractivity contribution in [2.45, 2.75) is 65.5 Å². The molecule has 0 saturated carbocycles. The van der Waals surface area contributed by atoms with Crippen molar-refractivity contribution in [2.24, 2.45) is 29.4 Å². The molecule has 0 amide bonds. The van der Waals surface area contributed by atoms with Crippen molar-refractivity contribution in [1.82, 2.24) is 0 Å². The Hall–Kier alpha value is -1.79. The third-order valence-corrected chi connectivity index (χ3v) is 6.29. The van der Waals surface area contributed by atoms with Crippen molar-refractivity contribution in [2.75, 3.05) is 27.4 Å². The van der Waals surface area contributed by atoms with Gasteiger partial charge in [-0.15, -0.1) is 0 Å². The summed E-state index contributed by atoms with van der Waals surface area (Å²) in [5.74, 6) is 2.55. The quantitative estimate of drug-likeness (QED) is 0.369. The third-order valence-electron chi connectivity index (χ3n) is 6.29. The lowest BCUT2D eigenvalue weighted by atomic mass is 9.82. The van der Waals surface area contributed by atoms with E-state index in [1.807, 2.05) is 6.07 Å². The summed E-state index contributed by atoms with van der Waals surface area (Å²) in [7, 11) is 3.36. The van der Waals surface area contributed by atoms with Crippen LogP contribution in [0.15, 0.2) is 18.2 Å². The number of benzene rings is 1. The predicted molar refractivity (Wildman–Crippen MR) is 122 cm³/mol. The van der Waals surface area contributed by atoms with E-state index in [2.05, 4.69) is 39.8 Å². The van der Waals surface area contributed by atoms with Crippen LogP contribution < -0.4 is 15.2 Å². The van der Waals surface area contributed by atoms with Crippen LogP contribution in [0.5, 0.6) is 11.5 Å². The standard InChI is InChI=1S/C25H41NO5/c1-16(2)19(13-23(26)24-15-22(17(3)4)25(27)31-24)10-18-11-20(29-6)14-21(12-18)30-9-7-8-28-5/h11-12,14,16-17,19,22-24H,7-10,13,15,26H2,1-6H3/t19-,22-,23-,24-/m0/s1. The number of ether oxygens (including phenoxy) is 4. The SMILES string of the molecule is COCCCOc1cc(C[C@@H](C[C@H](N)[C@@H]2C[C@@H](C(C)C)C(=O)O2)C(C)C)cc(OC)c1. The Labute approximate surface area is 187 Å². The van der Waals surface area contributed by atoms with Gasteiger partial charge in [-0.2, -0.15) is 0 Å². The molecule has 1 fully saturated rings. The van der Waals surface area contributed by atoms with Gasteiger partial charge in [0.2, 0.25) is 0 Å². The summed E-state index contributed by atoms with van der Waals surface area (Å²) < 4.78 is 22.1. The van der Waals surface area contributed by atoms with Gasteiger partial charge in [0.1, 0.15) is 17.6 Å². The van der Waals surface area contributed by atoms with Gasteiger partial charge in [-0.05, 0) is 54.7 Å². The second-order valence-corrected chi connectivity index (χ2v) is 9.38. The molecule has 6 heteroatoms. The maximum absolute atomic E-state index is 12.2. The highest BCUT2D eigenvalue weighted by Crippen LogP contribution is 2.33. The number of rotatable bonds is 13. The molecule has 2 N–H and O–H groups in total. The van der Waals surface area contributed by atoms with Crippen molar-refractivity contribution in [3.8, 4) is 11.5 Å². The van der Waals surface area contributed by atoms with Gasteiger partial charge < -0.3 is 24.7 Å². The lowest BCUT2D eigenvalue weighted by molar-refractivity contribution is -0.146. The Morgan fingerprint density at radius 2 is 1.81 bits per heavy atom. The molecule has 6 nitrogen and oxygen atoms in total. The van der Waals surface area contributed by atoms with Gasteiger partial charge in [-0.3, -0.25) is 4.79 Å². The average molecular weight is 436 g/mol. The number of cyclic esters (lactones) is 1. The third kappa shape index (κ3) is 7.69. The Kier molecular flexibility index (Phi) is 10.1. The van der Waals surface area contributed by atoms with E-state index in [1.165, 1.54) is 0 Å². The van der Waals surface area contributed by atoms with Crippen LogP contribution in [0.2, 0.25) is 0 Å². The van der Waals surface area contributed by atoms with Crippen molar-refractivity contribution in [3.05, 3.63) is 23.8 Å². The monoisotopic (exact) mass is 435 g/mol. The van der Waals surface area contributed by atoms with Gasteiger partial charge in [0, 0.05) is 32.2 Å². The highest BCUT2D eigenvalue weighted by Gasteiger charge is 2.39. The Morgan fingerprint density at radius 3 is 2.39 bits per heavy atom. The number of carbonyl (C=O) groups is 1. The number of hydrogen-bond acceptors (Lipinski definition) is 6. The molecule has 1 heterocycles. The summed E-state index contributed by atoms with van der Waals surface area (Å²) in [6.07, 6.45) is 3.05. The topological polar surface area (TPSA) is 80.0 Å². The molecule has 1 aromatic carbocycles. The van der Waals surface area contributed by atoms with Crippen LogP contribution in [0.4, 0.5) is 0 Å². The first-order chi connectivity index (χ1) is 14.7. The molecule has 1 aliphatic rings. The molecule has 1 aliphatic heterocycles. The first-order valence-corrected chi connectivity index (χ1v) is 11.5. The Bertz CT molecular complexity index is 690. The summed E-state index contributed by atoms with van der Waals surface area (Å²) in [4.78, 5) is 12.2. The molecule has 0 spiro atoms. The molecular weight excluding hydrogens is 394 g/mol. The number of hydrogen-bond donors (Lipinski definition) is 1. The molecule has 1 saturated heterocycles. The highest BCUT2D eigenvalue weighted by atomic mass is 16.6. The van der Waals surface area contributed by atoms with E-state index in [-0.39, 0.29) is 30.0 Å². The van der Waals surface area contributed by atoms with Crippen molar-refractivity contribution in [3.63, 3.8) is 0 Å². The van der Waals surface area contributed by atoms with Gasteiger partial charge in [-0.25, -0.2) is 0 Å². The lowest BCUT2D eigenvalue weighted by Crippen LogP contribution is -2.37. The van der Waals surface area contributed by atoms with E-state index in [0.29, 0.717) is 25.0 Å². The van der Waals surface area contributed by atoms with Gasteiger partial charge in [-0.1, -0.05) is 27.7 Å². The summed E-state index contributed by atoms with van der Waals surface area (Å²) in [5.41, 5.74) is 7.70. The first kappa shape index (κ1) is 25.5. The summed E-state index contributed by atoms with van der Waals surface area (Å²) in [6.45, 7) is 9.84. The van der Waals surface area contributed by atoms with E-state index >= 15 is 0 Å². The molecule has 1 aromatic rings. The van der Waals surface area contributed by atoms with Crippen LogP contribution in [-0.2, 0) is 20.7 Å². The molecule has 0 unspecified atom stereocenters. The summed E-state index contributed by atoms with van der Waals surface area (Å²) in [6, 6.07) is 5.90. The van der Waals surface area contributed by atoms with E-state index in [0.717, 1.165) is 42.7 Å². The molecule has 176 valence electrons. The van der Waals surface area contributed by atoms with Crippen molar-refractivity contribution in [1.29, 1.82) is 0 Å². The minimum Gasteiger partial charge on any atom is -0.497 e. The molecule has 4 atom stereocenters. The fourth-order valence-corrected chi connectivity index (χ4v) is 4.18. The zero-order chi connectivity index (χ0) is 23.0. The maximum Gasteiger partial charge on any atom is 0.309 e. The molecule has 0 radical (unpaired) electrons. The largest absolute Gasteiger partial charge is 0.497 e. The molecule has 2 rings (SSSR count). The van der Waals surface area contributed by atoms with E-state index in [4.69, 9.17) is 24.7 Å². The fraction of sp³-hybridized carbons (Fsp3) is 0.720. The normalized spacial score (nSPS) is 20.7. The van der Waals surface area contributed by atoms with Crippen LogP contribution >= 0.6 is 0 Å². The van der Waals surface area contributed by atoms with Crippen molar-refractivity contribution >= 4 is 5.97 Å². The molecule has 31 heavy (non-hydrogen) atoms. The highest BCUT2D eigenvalue weighted by molar-refractivity contribution is 5.75. The van der Waals surface area contributed by atoms with Crippen LogP contribution in [0, 0.1) is 23.7 Å². The molecule has 0 bridgehead atoms. The van der Waals surface area contributed by atoms with E-state index in [9.17, 15) is 4.79 Å². The minimum absolute atomic E-state index is 0.0373. The smallest absolute Gasteiger partial charge is 0.309 e. The number of carbonyl (C=O) groups excluding carboxylic acids is 1. The van der Waals surface area contributed by atoms with Crippen LogP contribution in [-0.4, -0.2) is 45.5 Å². The van der Waals surface area contributed by atoms with Gasteiger partial charge in [0.15, 0.2) is 0 Å². The summed E-state index contributed by atoms with van der Waals surface area (Å²) >= 11 is 0. The van der Waals surface area contributed by atoms with E-state index < -0.39 is 0 Å². The van der Waals surface area contributed by atoms with Gasteiger partial charge in [0.05, 0.1) is 19.6 Å². The number of esters is 1. The first-order valence-electron chi connectivity index (χ1n) is 11.5. The minimum atomic E-state index is -0.189. The molecule has 0 aromatic heterocycles. The van der Waals surface area contributed by atoms with Gasteiger partial charge >= 0.3 is 5.97 Å². The van der Waals surface area contributed by atoms with Crippen LogP contribution in [0.1, 0.15) is 52.5 Å². The van der Waals surface area contributed by atoms with Crippen molar-refractivity contribution < 1.29 is 23.7 Å². The van der Waals surface area contributed by atoms with E-state index in [1.54, 1.807) is 14.2 Å². The lowest BCUT2D eigenvalue weighted by Gasteiger charge is -2.27. The molecule has 0 aliphatic carbocycles. The van der Waals surface area contributed by atoms with Crippen LogP contribution in [0.3, 0.4) is 0 Å². The zero-order valence-corrected chi connectivity index (χ0v) is 20.1. The number of nitrogens with two attached hydrogens (primary N) is 1. The summed E-state index contributed by atoms with van der Waals surface area (Å²) in [5, 5.41) is 0. The zero-order valence-electron chi connectivity index (χ0n) is 20.1. The second-order valence-electron chi connectivity index (χ2n) is 9.38. The Morgan fingerprint density at radius 1 is 1.10 bits per heavy atom. The Balaban J connectivity index is 2.04. The van der Waals surface area contributed by atoms with Crippen LogP contribution in [0.25, 0.3) is 0 Å². The fourth-order valence-electron chi connectivity index (χ4n) is 4.18. The molecular formula is C25H41NO5. The van der Waals surface area contributed by atoms with Gasteiger partial charge in [0.25, 0.3) is 0 Å². The average Bonchev–Trinajstić information content (AvgIpc) is 3.12. The number of methoxy groups -OCH3 is 2.